The van der Waals surface area contributed by atoms with Gasteiger partial charge in [0.05, 0.1) is 18.6 Å². The molecule has 0 amide bonds. The van der Waals surface area contributed by atoms with Crippen LogP contribution in [0.25, 0.3) is 0 Å². The number of ether oxygens (including phenoxy) is 2. The van der Waals surface area contributed by atoms with Crippen LogP contribution in [0.4, 0.5) is 0 Å². The van der Waals surface area contributed by atoms with E-state index in [-0.39, 0.29) is 4.90 Å². The van der Waals surface area contributed by atoms with Crippen LogP contribution in [0.1, 0.15) is 39.0 Å². The Balaban J connectivity index is 2.58. The van der Waals surface area contributed by atoms with Crippen LogP contribution in [0.5, 0.6) is 11.5 Å². The van der Waals surface area contributed by atoms with Crippen LogP contribution >= 0.6 is 0 Å². The van der Waals surface area contributed by atoms with Crippen molar-refractivity contribution in [2.45, 2.75) is 43.9 Å². The Morgan fingerprint density at radius 1 is 1.10 bits per heavy atom. The quantitative estimate of drug-likeness (QED) is 0.559. The maximum absolute atomic E-state index is 11.0. The lowest BCUT2D eigenvalue weighted by Crippen LogP contribution is -2.02. The van der Waals surface area contributed by atoms with Crippen molar-refractivity contribution >= 4 is 10.1 Å². The van der Waals surface area contributed by atoms with Gasteiger partial charge in [0.1, 0.15) is 0 Å². The molecule has 0 radical (unpaired) electrons. The molecule has 0 fully saturated rings. The van der Waals surface area contributed by atoms with E-state index in [4.69, 9.17) is 14.0 Å². The molecule has 0 bridgehead atoms. The average molecular weight is 302 g/mol. The summed E-state index contributed by atoms with van der Waals surface area (Å²) in [6.45, 7) is 2.73. The largest absolute Gasteiger partial charge is 0.493 e. The molecule has 5 nitrogen and oxygen atoms in total. The summed E-state index contributed by atoms with van der Waals surface area (Å²) in [7, 11) is -2.80. The lowest BCUT2D eigenvalue weighted by molar-refractivity contribution is 0.284. The van der Waals surface area contributed by atoms with Gasteiger partial charge in [-0.3, -0.25) is 4.55 Å². The Bertz CT molecular complexity index is 510. The summed E-state index contributed by atoms with van der Waals surface area (Å²) in [4.78, 5) is -0.204. The van der Waals surface area contributed by atoms with Crippen LogP contribution in [-0.4, -0.2) is 26.7 Å². The molecule has 6 heteroatoms. The minimum atomic E-state index is -4.22. The highest BCUT2D eigenvalue weighted by atomic mass is 32.2. The normalized spacial score (nSPS) is 11.3. The highest BCUT2D eigenvalue weighted by molar-refractivity contribution is 7.85. The Labute approximate surface area is 120 Å². The van der Waals surface area contributed by atoms with Gasteiger partial charge < -0.3 is 9.47 Å². The van der Waals surface area contributed by atoms with Gasteiger partial charge in [0, 0.05) is 6.07 Å². The van der Waals surface area contributed by atoms with Crippen molar-refractivity contribution < 1.29 is 22.4 Å². The van der Waals surface area contributed by atoms with Crippen molar-refractivity contribution in [3.63, 3.8) is 0 Å². The van der Waals surface area contributed by atoms with E-state index >= 15 is 0 Å². The molecule has 1 rings (SSSR count). The zero-order valence-corrected chi connectivity index (χ0v) is 12.8. The smallest absolute Gasteiger partial charge is 0.294 e. The van der Waals surface area contributed by atoms with Gasteiger partial charge in [-0.05, 0) is 18.6 Å². The fourth-order valence-corrected chi connectivity index (χ4v) is 2.31. The van der Waals surface area contributed by atoms with E-state index in [1.165, 1.54) is 44.6 Å². The molecule has 0 aromatic heterocycles. The number of hydrogen-bond donors (Lipinski definition) is 1. The van der Waals surface area contributed by atoms with E-state index in [2.05, 4.69) is 6.92 Å². The van der Waals surface area contributed by atoms with Crippen molar-refractivity contribution in [3.05, 3.63) is 18.2 Å². The molecule has 1 aromatic rings. The van der Waals surface area contributed by atoms with E-state index in [0.717, 1.165) is 12.8 Å². The highest BCUT2D eigenvalue weighted by Gasteiger charge is 2.13. The zero-order valence-electron chi connectivity index (χ0n) is 12.0. The van der Waals surface area contributed by atoms with Crippen LogP contribution in [0.3, 0.4) is 0 Å². The third kappa shape index (κ3) is 5.38. The topological polar surface area (TPSA) is 72.8 Å². The second-order valence-electron chi connectivity index (χ2n) is 4.55. The molecule has 1 N–H and O–H groups in total. The number of hydrogen-bond acceptors (Lipinski definition) is 4. The molecule has 0 spiro atoms. The van der Waals surface area contributed by atoms with Crippen LogP contribution in [0.2, 0.25) is 0 Å². The van der Waals surface area contributed by atoms with E-state index in [1.807, 2.05) is 0 Å². The third-order valence-electron chi connectivity index (χ3n) is 2.94. The second-order valence-corrected chi connectivity index (χ2v) is 5.97. The molecule has 114 valence electrons. The van der Waals surface area contributed by atoms with Crippen molar-refractivity contribution in [1.82, 2.24) is 0 Å². The van der Waals surface area contributed by atoms with E-state index in [0.29, 0.717) is 18.1 Å². The molecule has 0 aliphatic heterocycles. The Kier molecular flexibility index (Phi) is 6.81. The summed E-state index contributed by atoms with van der Waals surface area (Å²) in [5.74, 6) is 0.782. The number of unbranched alkanes of at least 4 members (excludes halogenated alkanes) is 4. The Hall–Kier alpha value is -1.27. The zero-order chi connectivity index (χ0) is 15.0. The van der Waals surface area contributed by atoms with E-state index in [9.17, 15) is 8.42 Å². The molecule has 0 aliphatic carbocycles. The number of rotatable bonds is 9. The average Bonchev–Trinajstić information content (AvgIpc) is 2.41. The summed E-state index contributed by atoms with van der Waals surface area (Å²) in [6, 6.07) is 4.04. The van der Waals surface area contributed by atoms with Gasteiger partial charge in [-0.25, -0.2) is 0 Å². The first-order valence-electron chi connectivity index (χ1n) is 6.77. The van der Waals surface area contributed by atoms with Crippen LogP contribution in [0, 0.1) is 0 Å². The van der Waals surface area contributed by atoms with Gasteiger partial charge >= 0.3 is 0 Å². The van der Waals surface area contributed by atoms with Crippen LogP contribution in [-0.2, 0) is 10.1 Å². The summed E-state index contributed by atoms with van der Waals surface area (Å²) >= 11 is 0. The van der Waals surface area contributed by atoms with Crippen LogP contribution in [0.15, 0.2) is 23.1 Å². The van der Waals surface area contributed by atoms with Gasteiger partial charge in [0.25, 0.3) is 10.1 Å². The molecule has 0 saturated carbocycles. The molecular weight excluding hydrogens is 280 g/mol. The highest BCUT2D eigenvalue weighted by Crippen LogP contribution is 2.29. The first-order chi connectivity index (χ1) is 9.49. The summed E-state index contributed by atoms with van der Waals surface area (Å²) in [5, 5.41) is 0. The molecule has 0 heterocycles. The fraction of sp³-hybridized carbons (Fsp3) is 0.571. The third-order valence-corrected chi connectivity index (χ3v) is 3.79. The SMILES string of the molecule is CCCCCCCOc1ccc(S(=O)(=O)O)cc1OC. The molecular formula is C14H22O5S. The summed E-state index contributed by atoms with van der Waals surface area (Å²) < 4.78 is 41.7. The standard InChI is InChI=1S/C14H22O5S/c1-3-4-5-6-7-10-19-13-9-8-12(20(15,16)17)11-14(13)18-2/h8-9,11H,3-7,10H2,1-2H3,(H,15,16,17). The van der Waals surface area contributed by atoms with Crippen molar-refractivity contribution in [2.75, 3.05) is 13.7 Å². The second kappa shape index (κ2) is 8.11. The summed E-state index contributed by atoms with van der Waals surface area (Å²) in [5.41, 5.74) is 0. The Morgan fingerprint density at radius 3 is 2.40 bits per heavy atom. The predicted molar refractivity (Wildman–Crippen MR) is 77.1 cm³/mol. The van der Waals surface area contributed by atoms with Crippen molar-refractivity contribution in [1.29, 1.82) is 0 Å². The van der Waals surface area contributed by atoms with Gasteiger partial charge in [0.2, 0.25) is 0 Å². The molecule has 0 atom stereocenters. The Morgan fingerprint density at radius 2 is 1.80 bits per heavy atom. The monoisotopic (exact) mass is 302 g/mol. The van der Waals surface area contributed by atoms with Crippen molar-refractivity contribution in [2.24, 2.45) is 0 Å². The predicted octanol–water partition coefficient (Wildman–Crippen LogP) is 3.29. The first kappa shape index (κ1) is 16.8. The van der Waals surface area contributed by atoms with Crippen molar-refractivity contribution in [3.8, 4) is 11.5 Å². The van der Waals surface area contributed by atoms with Gasteiger partial charge in [-0.1, -0.05) is 32.6 Å². The minimum Gasteiger partial charge on any atom is -0.493 e. The maximum Gasteiger partial charge on any atom is 0.294 e. The van der Waals surface area contributed by atoms with Gasteiger partial charge in [-0.2, -0.15) is 8.42 Å². The molecule has 0 aliphatic rings. The molecule has 1 aromatic carbocycles. The number of benzene rings is 1. The fourth-order valence-electron chi connectivity index (χ4n) is 1.82. The minimum absolute atomic E-state index is 0.204. The van der Waals surface area contributed by atoms with Gasteiger partial charge in [0.15, 0.2) is 11.5 Å². The number of methoxy groups -OCH3 is 1. The summed E-state index contributed by atoms with van der Waals surface area (Å²) in [6.07, 6.45) is 5.68. The van der Waals surface area contributed by atoms with Gasteiger partial charge in [-0.15, -0.1) is 0 Å². The van der Waals surface area contributed by atoms with E-state index < -0.39 is 10.1 Å². The first-order valence-corrected chi connectivity index (χ1v) is 8.21. The van der Waals surface area contributed by atoms with E-state index in [1.54, 1.807) is 0 Å². The lowest BCUT2D eigenvalue weighted by Gasteiger charge is -2.11. The van der Waals surface area contributed by atoms with Crippen LogP contribution < -0.4 is 9.47 Å². The molecule has 0 unspecified atom stereocenters. The molecule has 0 saturated heterocycles. The molecule has 20 heavy (non-hydrogen) atoms. The maximum atomic E-state index is 11.0. The lowest BCUT2D eigenvalue weighted by atomic mass is 10.2.